The summed E-state index contributed by atoms with van der Waals surface area (Å²) in [5.74, 6) is 0. The maximum absolute atomic E-state index is 6.47. The highest BCUT2D eigenvalue weighted by molar-refractivity contribution is 7.21. The van der Waals surface area contributed by atoms with Crippen LogP contribution in [0.3, 0.4) is 0 Å². The summed E-state index contributed by atoms with van der Waals surface area (Å²) in [6, 6.07) is 46.6. The summed E-state index contributed by atoms with van der Waals surface area (Å²) in [5, 5.41) is 6.61. The van der Waals surface area contributed by atoms with E-state index in [2.05, 4.69) is 109 Å². The molecule has 3 nitrogen and oxygen atoms in total. The Kier molecular flexibility index (Phi) is 5.07. The first kappa shape index (κ1) is 23.4. The first-order chi connectivity index (χ1) is 20.8. The van der Waals surface area contributed by atoms with Crippen LogP contribution in [0, 0.1) is 0 Å². The van der Waals surface area contributed by atoms with Gasteiger partial charge >= 0.3 is 0 Å². The maximum Gasteiger partial charge on any atom is 0.144 e. The predicted molar refractivity (Wildman–Crippen MR) is 176 cm³/mol. The number of para-hydroxylation sites is 2. The molecule has 0 aliphatic rings. The van der Waals surface area contributed by atoms with Crippen molar-refractivity contribution in [3.05, 3.63) is 133 Å². The summed E-state index contributed by atoms with van der Waals surface area (Å²) in [7, 11) is 0. The third-order valence-electron chi connectivity index (χ3n) is 8.11. The summed E-state index contributed by atoms with van der Waals surface area (Å²) in [6.45, 7) is 0. The molecule has 0 saturated carbocycles. The number of pyridine rings is 1. The van der Waals surface area contributed by atoms with Gasteiger partial charge in [0.25, 0.3) is 0 Å². The average molecular weight is 555 g/mol. The summed E-state index contributed by atoms with van der Waals surface area (Å²) in [6.07, 6.45) is 0. The molecule has 0 saturated heterocycles. The third-order valence-corrected chi connectivity index (χ3v) is 9.18. The Morgan fingerprint density at radius 1 is 0.476 bits per heavy atom. The summed E-state index contributed by atoms with van der Waals surface area (Å²) < 4.78 is 7.66. The van der Waals surface area contributed by atoms with E-state index >= 15 is 0 Å². The van der Waals surface area contributed by atoms with E-state index in [-0.39, 0.29) is 0 Å². The SMILES string of the molecule is c1ccc(-c2nc3ccc(-c4ccc(-c5nc6ccccc6c6c5ccc5c7ccccc7oc56)cc4)cc3s2)cc1. The van der Waals surface area contributed by atoms with Gasteiger partial charge in [0.1, 0.15) is 16.2 Å². The van der Waals surface area contributed by atoms with Gasteiger partial charge in [0.2, 0.25) is 0 Å². The molecule has 0 amide bonds. The van der Waals surface area contributed by atoms with Crippen molar-refractivity contribution in [3.63, 3.8) is 0 Å². The zero-order chi connectivity index (χ0) is 27.6. The van der Waals surface area contributed by atoms with E-state index in [1.807, 2.05) is 24.3 Å². The molecule has 42 heavy (non-hydrogen) atoms. The minimum Gasteiger partial charge on any atom is -0.455 e. The van der Waals surface area contributed by atoms with Crippen LogP contribution in [0.25, 0.3) is 86.8 Å². The van der Waals surface area contributed by atoms with Gasteiger partial charge in [-0.25, -0.2) is 9.97 Å². The van der Waals surface area contributed by atoms with Gasteiger partial charge in [0.05, 0.1) is 21.4 Å². The maximum atomic E-state index is 6.47. The molecule has 0 atom stereocenters. The van der Waals surface area contributed by atoms with Gasteiger partial charge in [-0.1, -0.05) is 103 Å². The van der Waals surface area contributed by atoms with Crippen LogP contribution in [0.2, 0.25) is 0 Å². The Balaban J connectivity index is 1.18. The summed E-state index contributed by atoms with van der Waals surface area (Å²) >= 11 is 1.73. The van der Waals surface area contributed by atoms with Crippen LogP contribution >= 0.6 is 11.3 Å². The van der Waals surface area contributed by atoms with Crippen molar-refractivity contribution < 1.29 is 4.42 Å². The fraction of sp³-hybridized carbons (Fsp3) is 0. The molecule has 0 spiro atoms. The molecule has 0 fully saturated rings. The lowest BCUT2D eigenvalue weighted by molar-refractivity contribution is 0.673. The van der Waals surface area contributed by atoms with Gasteiger partial charge < -0.3 is 4.42 Å². The Labute approximate surface area is 245 Å². The first-order valence-electron chi connectivity index (χ1n) is 14.0. The molecular formula is C38H22N2OS. The quantitative estimate of drug-likeness (QED) is 0.204. The van der Waals surface area contributed by atoms with E-state index in [4.69, 9.17) is 14.4 Å². The van der Waals surface area contributed by atoms with Crippen LogP contribution < -0.4 is 0 Å². The lowest BCUT2D eigenvalue weighted by Crippen LogP contribution is -1.90. The first-order valence-corrected chi connectivity index (χ1v) is 14.8. The summed E-state index contributed by atoms with van der Waals surface area (Å²) in [5.41, 5.74) is 9.35. The second-order valence-corrected chi connectivity index (χ2v) is 11.6. The topological polar surface area (TPSA) is 38.9 Å². The Hall–Kier alpha value is -5.32. The lowest BCUT2D eigenvalue weighted by Gasteiger charge is -2.11. The van der Waals surface area contributed by atoms with Gasteiger partial charge in [-0.05, 0) is 41.5 Å². The molecule has 9 rings (SSSR count). The van der Waals surface area contributed by atoms with Crippen molar-refractivity contribution in [1.82, 2.24) is 9.97 Å². The molecule has 6 aromatic carbocycles. The summed E-state index contributed by atoms with van der Waals surface area (Å²) in [4.78, 5) is 10.0. The Morgan fingerprint density at radius 2 is 1.19 bits per heavy atom. The van der Waals surface area contributed by atoms with Crippen molar-refractivity contribution >= 4 is 65.2 Å². The standard InChI is InChI=1S/C38H22N2OS/c1-2-8-25(9-3-1)38-40-32-21-18-26(22-34(32)42-38)23-14-16-24(17-15-23)36-30-20-19-28-27-10-5-7-13-33(27)41-37(28)35(30)29-11-4-6-12-31(29)39-36/h1-22H. The minimum absolute atomic E-state index is 0.903. The van der Waals surface area contributed by atoms with Crippen molar-refractivity contribution in [1.29, 1.82) is 0 Å². The van der Waals surface area contributed by atoms with Crippen molar-refractivity contribution in [2.45, 2.75) is 0 Å². The number of benzene rings is 6. The molecule has 0 N–H and O–H groups in total. The minimum atomic E-state index is 0.903. The van der Waals surface area contributed by atoms with Gasteiger partial charge in [0.15, 0.2) is 0 Å². The second kappa shape index (κ2) is 9.10. The molecule has 0 aliphatic heterocycles. The fourth-order valence-corrected chi connectivity index (χ4v) is 7.08. The molecule has 4 heteroatoms. The number of nitrogens with zero attached hydrogens (tertiary/aromatic N) is 2. The monoisotopic (exact) mass is 554 g/mol. The molecule has 3 heterocycles. The lowest BCUT2D eigenvalue weighted by atomic mass is 9.96. The van der Waals surface area contributed by atoms with Gasteiger partial charge in [-0.2, -0.15) is 0 Å². The Morgan fingerprint density at radius 3 is 2.07 bits per heavy atom. The zero-order valence-electron chi connectivity index (χ0n) is 22.4. The van der Waals surface area contributed by atoms with E-state index in [1.54, 1.807) is 11.3 Å². The number of hydrogen-bond acceptors (Lipinski definition) is 4. The smallest absolute Gasteiger partial charge is 0.144 e. The molecule has 0 unspecified atom stereocenters. The number of hydrogen-bond donors (Lipinski definition) is 0. The number of aromatic nitrogens is 2. The number of furan rings is 1. The highest BCUT2D eigenvalue weighted by Crippen LogP contribution is 2.41. The van der Waals surface area contributed by atoms with Crippen LogP contribution in [0.1, 0.15) is 0 Å². The van der Waals surface area contributed by atoms with Crippen molar-refractivity contribution in [2.75, 3.05) is 0 Å². The van der Waals surface area contributed by atoms with Crippen LogP contribution in [-0.2, 0) is 0 Å². The average Bonchev–Trinajstić information content (AvgIpc) is 3.66. The zero-order valence-corrected chi connectivity index (χ0v) is 23.2. The normalized spacial score (nSPS) is 11.8. The number of thiazole rings is 1. The van der Waals surface area contributed by atoms with E-state index in [0.717, 1.165) is 71.0 Å². The van der Waals surface area contributed by atoms with Crippen LogP contribution in [-0.4, -0.2) is 9.97 Å². The van der Waals surface area contributed by atoms with E-state index in [1.165, 1.54) is 15.8 Å². The van der Waals surface area contributed by atoms with Crippen molar-refractivity contribution in [2.24, 2.45) is 0 Å². The third kappa shape index (κ3) is 3.59. The molecule has 0 radical (unpaired) electrons. The fourth-order valence-electron chi connectivity index (χ4n) is 6.07. The van der Waals surface area contributed by atoms with E-state index in [0.29, 0.717) is 0 Å². The number of fused-ring (bicyclic) bond motifs is 8. The van der Waals surface area contributed by atoms with Gasteiger partial charge in [0, 0.05) is 38.1 Å². The van der Waals surface area contributed by atoms with E-state index in [9.17, 15) is 0 Å². The largest absolute Gasteiger partial charge is 0.455 e. The molecule has 0 aliphatic carbocycles. The van der Waals surface area contributed by atoms with Crippen LogP contribution in [0.4, 0.5) is 0 Å². The molecule has 0 bridgehead atoms. The highest BCUT2D eigenvalue weighted by atomic mass is 32.1. The molecule has 9 aromatic rings. The number of rotatable bonds is 3. The second-order valence-electron chi connectivity index (χ2n) is 10.6. The molecular weight excluding hydrogens is 532 g/mol. The van der Waals surface area contributed by atoms with E-state index < -0.39 is 0 Å². The van der Waals surface area contributed by atoms with Crippen LogP contribution in [0.5, 0.6) is 0 Å². The van der Waals surface area contributed by atoms with Crippen molar-refractivity contribution in [3.8, 4) is 33.0 Å². The molecule has 3 aromatic heterocycles. The highest BCUT2D eigenvalue weighted by Gasteiger charge is 2.17. The predicted octanol–water partition coefficient (Wildman–Crippen LogP) is 10.9. The van der Waals surface area contributed by atoms with Gasteiger partial charge in [-0.15, -0.1) is 11.3 Å². The molecule has 196 valence electrons. The van der Waals surface area contributed by atoms with Gasteiger partial charge in [-0.3, -0.25) is 0 Å². The Bertz CT molecular complexity index is 2450. The van der Waals surface area contributed by atoms with Crippen LogP contribution in [0.15, 0.2) is 138 Å².